The third-order valence-electron chi connectivity index (χ3n) is 2.84. The summed E-state index contributed by atoms with van der Waals surface area (Å²) in [6, 6.07) is -0.00279. The third kappa shape index (κ3) is 5.53. The normalized spacial score (nSPS) is 20.1. The van der Waals surface area contributed by atoms with Crippen molar-refractivity contribution in [3.05, 3.63) is 0 Å². The molecule has 1 heterocycles. The number of aliphatic carboxylic acids is 1. The zero-order valence-corrected chi connectivity index (χ0v) is 10.0. The van der Waals surface area contributed by atoms with Crippen LogP contribution in [0.3, 0.4) is 0 Å². The monoisotopic (exact) mass is 243 g/mol. The van der Waals surface area contributed by atoms with E-state index in [9.17, 15) is 9.59 Å². The Hall–Kier alpha value is -1.30. The van der Waals surface area contributed by atoms with Gasteiger partial charge < -0.3 is 21.1 Å². The molecule has 1 atom stereocenters. The molecule has 1 aliphatic rings. The maximum absolute atomic E-state index is 11.7. The van der Waals surface area contributed by atoms with E-state index in [-0.39, 0.29) is 18.5 Å². The lowest BCUT2D eigenvalue weighted by atomic mass is 10.1. The second-order valence-electron chi connectivity index (χ2n) is 4.43. The first-order valence-corrected chi connectivity index (χ1v) is 6.09. The van der Waals surface area contributed by atoms with Crippen molar-refractivity contribution in [2.24, 2.45) is 5.73 Å². The molecule has 0 aromatic heterocycles. The highest BCUT2D eigenvalue weighted by molar-refractivity contribution is 5.74. The number of unbranched alkanes of at least 4 members (excludes halogenated alkanes) is 1. The van der Waals surface area contributed by atoms with Crippen LogP contribution in [0.5, 0.6) is 0 Å². The van der Waals surface area contributed by atoms with Gasteiger partial charge in [-0.1, -0.05) is 0 Å². The van der Waals surface area contributed by atoms with Gasteiger partial charge in [-0.3, -0.25) is 4.79 Å². The number of piperidine rings is 1. The van der Waals surface area contributed by atoms with Crippen molar-refractivity contribution in [1.29, 1.82) is 0 Å². The zero-order chi connectivity index (χ0) is 12.7. The van der Waals surface area contributed by atoms with Crippen LogP contribution >= 0.6 is 0 Å². The van der Waals surface area contributed by atoms with Crippen molar-refractivity contribution < 1.29 is 14.7 Å². The molecule has 1 unspecified atom stereocenters. The average Bonchev–Trinajstić information content (AvgIpc) is 2.28. The molecule has 1 saturated heterocycles. The van der Waals surface area contributed by atoms with Crippen molar-refractivity contribution in [3.8, 4) is 0 Å². The molecule has 6 nitrogen and oxygen atoms in total. The van der Waals surface area contributed by atoms with Gasteiger partial charge in [0, 0.05) is 32.1 Å². The van der Waals surface area contributed by atoms with E-state index in [0.717, 1.165) is 19.4 Å². The van der Waals surface area contributed by atoms with Crippen LogP contribution in [0.4, 0.5) is 4.79 Å². The molecule has 1 aliphatic heterocycles. The number of carboxylic acids is 1. The molecule has 0 radical (unpaired) electrons. The third-order valence-corrected chi connectivity index (χ3v) is 2.84. The van der Waals surface area contributed by atoms with Gasteiger partial charge in [0.1, 0.15) is 0 Å². The number of hydrogen-bond acceptors (Lipinski definition) is 3. The lowest BCUT2D eigenvalue weighted by Crippen LogP contribution is -2.49. The first kappa shape index (κ1) is 13.8. The number of nitrogens with one attached hydrogen (secondary N) is 1. The molecule has 6 heteroatoms. The lowest BCUT2D eigenvalue weighted by molar-refractivity contribution is -0.137. The standard InChI is InChI=1S/C11H21N3O3/c12-9-4-3-7-14(8-9)11(17)13-6-2-1-5-10(15)16/h9H,1-8,12H2,(H,13,17)(H,15,16). The highest BCUT2D eigenvalue weighted by Gasteiger charge is 2.20. The summed E-state index contributed by atoms with van der Waals surface area (Å²) >= 11 is 0. The van der Waals surface area contributed by atoms with E-state index in [4.69, 9.17) is 10.8 Å². The number of carbonyl (C=O) groups excluding carboxylic acids is 1. The van der Waals surface area contributed by atoms with Gasteiger partial charge in [-0.2, -0.15) is 0 Å². The number of nitrogens with two attached hydrogens (primary N) is 1. The minimum absolute atomic E-state index is 0.0847. The molecule has 98 valence electrons. The Labute approximate surface area is 101 Å². The second-order valence-corrected chi connectivity index (χ2v) is 4.43. The summed E-state index contributed by atoms with van der Waals surface area (Å²) in [5, 5.41) is 11.2. The van der Waals surface area contributed by atoms with Crippen LogP contribution in [0.15, 0.2) is 0 Å². The smallest absolute Gasteiger partial charge is 0.317 e. The van der Waals surface area contributed by atoms with Gasteiger partial charge in [0.2, 0.25) is 0 Å². The summed E-state index contributed by atoms with van der Waals surface area (Å²) in [5.41, 5.74) is 5.79. The number of urea groups is 1. The van der Waals surface area contributed by atoms with Gasteiger partial charge in [0.25, 0.3) is 0 Å². The molecule has 0 aromatic rings. The van der Waals surface area contributed by atoms with Crippen LogP contribution in [0, 0.1) is 0 Å². The Morgan fingerprint density at radius 3 is 2.82 bits per heavy atom. The van der Waals surface area contributed by atoms with Crippen LogP contribution < -0.4 is 11.1 Å². The Balaban J connectivity index is 2.10. The van der Waals surface area contributed by atoms with Crippen LogP contribution in [-0.4, -0.2) is 47.7 Å². The highest BCUT2D eigenvalue weighted by atomic mass is 16.4. The topological polar surface area (TPSA) is 95.7 Å². The van der Waals surface area contributed by atoms with Crippen molar-refractivity contribution in [2.45, 2.75) is 38.1 Å². The van der Waals surface area contributed by atoms with E-state index in [0.29, 0.717) is 25.9 Å². The Morgan fingerprint density at radius 2 is 2.18 bits per heavy atom. The van der Waals surface area contributed by atoms with Crippen molar-refractivity contribution >= 4 is 12.0 Å². The molecule has 17 heavy (non-hydrogen) atoms. The van der Waals surface area contributed by atoms with Gasteiger partial charge in [-0.15, -0.1) is 0 Å². The van der Waals surface area contributed by atoms with Crippen molar-refractivity contribution in [3.63, 3.8) is 0 Å². The van der Waals surface area contributed by atoms with Crippen LogP contribution in [-0.2, 0) is 4.79 Å². The van der Waals surface area contributed by atoms with Crippen LogP contribution in [0.25, 0.3) is 0 Å². The molecule has 0 spiro atoms. The fourth-order valence-electron chi connectivity index (χ4n) is 1.90. The summed E-state index contributed by atoms with van der Waals surface area (Å²) in [4.78, 5) is 23.7. The molecule has 0 bridgehead atoms. The fourth-order valence-corrected chi connectivity index (χ4v) is 1.90. The van der Waals surface area contributed by atoms with Gasteiger partial charge >= 0.3 is 12.0 Å². The molecule has 1 fully saturated rings. The number of hydrogen-bond donors (Lipinski definition) is 3. The lowest BCUT2D eigenvalue weighted by Gasteiger charge is -2.30. The van der Waals surface area contributed by atoms with E-state index in [1.54, 1.807) is 4.90 Å². The van der Waals surface area contributed by atoms with E-state index in [1.807, 2.05) is 0 Å². The summed E-state index contributed by atoms with van der Waals surface area (Å²) in [6.07, 6.45) is 3.37. The number of carboxylic acid groups (broad SMARTS) is 1. The minimum atomic E-state index is -0.793. The molecule has 4 N–H and O–H groups in total. The van der Waals surface area contributed by atoms with Crippen molar-refractivity contribution in [1.82, 2.24) is 10.2 Å². The van der Waals surface area contributed by atoms with E-state index >= 15 is 0 Å². The second kappa shape index (κ2) is 7.11. The molecular weight excluding hydrogens is 222 g/mol. The Morgan fingerprint density at radius 1 is 1.41 bits per heavy atom. The van der Waals surface area contributed by atoms with Gasteiger partial charge in [-0.25, -0.2) is 4.79 Å². The zero-order valence-electron chi connectivity index (χ0n) is 10.0. The molecule has 0 saturated carbocycles. The minimum Gasteiger partial charge on any atom is -0.481 e. The number of carbonyl (C=O) groups is 2. The molecule has 0 aromatic carbocycles. The maximum Gasteiger partial charge on any atom is 0.317 e. The fraction of sp³-hybridized carbons (Fsp3) is 0.818. The van der Waals surface area contributed by atoms with E-state index in [2.05, 4.69) is 5.32 Å². The number of nitrogens with zero attached hydrogens (tertiary/aromatic N) is 1. The quantitative estimate of drug-likeness (QED) is 0.608. The van der Waals surface area contributed by atoms with Crippen LogP contribution in [0.2, 0.25) is 0 Å². The predicted molar refractivity (Wildman–Crippen MR) is 63.7 cm³/mol. The Kier molecular flexibility index (Phi) is 5.76. The van der Waals surface area contributed by atoms with Gasteiger partial charge in [0.05, 0.1) is 0 Å². The molecule has 0 aliphatic carbocycles. The van der Waals surface area contributed by atoms with E-state index < -0.39 is 5.97 Å². The molecule has 2 amide bonds. The largest absolute Gasteiger partial charge is 0.481 e. The van der Waals surface area contributed by atoms with Crippen LogP contribution in [0.1, 0.15) is 32.1 Å². The number of amides is 2. The summed E-state index contributed by atoms with van der Waals surface area (Å²) in [7, 11) is 0. The predicted octanol–water partition coefficient (Wildman–Crippen LogP) is 0.374. The van der Waals surface area contributed by atoms with Gasteiger partial charge in [0.15, 0.2) is 0 Å². The molecular formula is C11H21N3O3. The average molecular weight is 243 g/mol. The maximum atomic E-state index is 11.7. The number of rotatable bonds is 5. The summed E-state index contributed by atoms with van der Waals surface area (Å²) in [6.45, 7) is 1.90. The first-order chi connectivity index (χ1) is 8.09. The SMILES string of the molecule is NC1CCCN(C(=O)NCCCCC(=O)O)C1. The molecule has 1 rings (SSSR count). The van der Waals surface area contributed by atoms with E-state index in [1.165, 1.54) is 0 Å². The number of likely N-dealkylation sites (tertiary alicyclic amines) is 1. The highest BCUT2D eigenvalue weighted by Crippen LogP contribution is 2.07. The summed E-state index contributed by atoms with van der Waals surface area (Å²) in [5.74, 6) is -0.793. The summed E-state index contributed by atoms with van der Waals surface area (Å²) < 4.78 is 0. The Bertz CT molecular complexity index is 271. The first-order valence-electron chi connectivity index (χ1n) is 6.09. The van der Waals surface area contributed by atoms with Gasteiger partial charge in [-0.05, 0) is 25.7 Å². The van der Waals surface area contributed by atoms with Crippen molar-refractivity contribution in [2.75, 3.05) is 19.6 Å².